The molecule has 3 heterocycles. The Kier molecular flexibility index (Phi) is 4.91. The van der Waals surface area contributed by atoms with Crippen LogP contribution in [-0.4, -0.2) is 55.2 Å². The highest BCUT2D eigenvalue weighted by Gasteiger charge is 2.23. The first-order valence-electron chi connectivity index (χ1n) is 9.37. The highest BCUT2D eigenvalue weighted by molar-refractivity contribution is 5.92. The molecule has 6 heteroatoms. The lowest BCUT2D eigenvalue weighted by Crippen LogP contribution is -2.50. The van der Waals surface area contributed by atoms with Gasteiger partial charge in [0, 0.05) is 51.2 Å². The molecule has 4 rings (SSSR count). The molecule has 6 nitrogen and oxygen atoms in total. The molecule has 0 aliphatic carbocycles. The summed E-state index contributed by atoms with van der Waals surface area (Å²) in [5.41, 5.74) is 2.03. The number of pyridine rings is 1. The first kappa shape index (κ1) is 16.7. The second-order valence-corrected chi connectivity index (χ2v) is 6.81. The van der Waals surface area contributed by atoms with E-state index in [4.69, 9.17) is 0 Å². The van der Waals surface area contributed by atoms with Gasteiger partial charge in [0.25, 0.3) is 0 Å². The van der Waals surface area contributed by atoms with Gasteiger partial charge >= 0.3 is 6.03 Å². The van der Waals surface area contributed by atoms with Crippen LogP contribution in [0.3, 0.4) is 0 Å². The quantitative estimate of drug-likeness (QED) is 0.923. The normalized spacial score (nSPS) is 17.5. The van der Waals surface area contributed by atoms with Crippen LogP contribution in [0.2, 0.25) is 0 Å². The van der Waals surface area contributed by atoms with Crippen molar-refractivity contribution in [3.05, 3.63) is 48.7 Å². The average Bonchev–Trinajstić information content (AvgIpc) is 3.24. The van der Waals surface area contributed by atoms with Crippen molar-refractivity contribution in [2.24, 2.45) is 0 Å². The summed E-state index contributed by atoms with van der Waals surface area (Å²) in [4.78, 5) is 23.7. The number of amides is 2. The zero-order valence-electron chi connectivity index (χ0n) is 15.0. The van der Waals surface area contributed by atoms with E-state index < -0.39 is 0 Å². The monoisotopic (exact) mass is 351 g/mol. The van der Waals surface area contributed by atoms with E-state index in [1.165, 1.54) is 18.5 Å². The molecule has 2 fully saturated rings. The number of carbonyl (C=O) groups excluding carboxylic acids is 1. The Morgan fingerprint density at radius 3 is 2.31 bits per heavy atom. The van der Waals surface area contributed by atoms with Crippen molar-refractivity contribution in [2.45, 2.75) is 12.8 Å². The Morgan fingerprint density at radius 2 is 1.58 bits per heavy atom. The van der Waals surface area contributed by atoms with Crippen LogP contribution in [0.4, 0.5) is 22.0 Å². The van der Waals surface area contributed by atoms with Crippen LogP contribution >= 0.6 is 0 Å². The minimum Gasteiger partial charge on any atom is -0.368 e. The van der Waals surface area contributed by atoms with Gasteiger partial charge in [-0.1, -0.05) is 18.2 Å². The maximum atomic E-state index is 12.7. The molecule has 1 N–H and O–H groups in total. The number of hydrogen-bond donors (Lipinski definition) is 1. The first-order chi connectivity index (χ1) is 12.8. The van der Waals surface area contributed by atoms with Crippen LogP contribution in [0, 0.1) is 0 Å². The van der Waals surface area contributed by atoms with E-state index in [0.29, 0.717) is 0 Å². The molecule has 0 saturated carbocycles. The molecule has 2 amide bonds. The van der Waals surface area contributed by atoms with E-state index in [0.717, 1.165) is 50.8 Å². The third-order valence-corrected chi connectivity index (χ3v) is 5.12. The fourth-order valence-electron chi connectivity index (χ4n) is 3.68. The number of aromatic nitrogens is 1. The number of anilines is 3. The molecule has 136 valence electrons. The van der Waals surface area contributed by atoms with Crippen molar-refractivity contribution in [3.63, 3.8) is 0 Å². The summed E-state index contributed by atoms with van der Waals surface area (Å²) >= 11 is 0. The first-order valence-corrected chi connectivity index (χ1v) is 9.37. The highest BCUT2D eigenvalue weighted by Crippen LogP contribution is 2.26. The molecule has 2 saturated heterocycles. The summed E-state index contributed by atoms with van der Waals surface area (Å²) in [6.07, 6.45) is 4.17. The predicted molar refractivity (Wildman–Crippen MR) is 105 cm³/mol. The molecule has 0 bridgehead atoms. The lowest BCUT2D eigenvalue weighted by Gasteiger charge is -2.36. The Hall–Kier alpha value is -2.76. The lowest BCUT2D eigenvalue weighted by molar-refractivity contribution is 0.208. The SMILES string of the molecule is O=C(Nc1cccnc1N1CCCC1)N1CCN(c2ccccc2)CC1. The fraction of sp³-hybridized carbons (Fsp3) is 0.400. The minimum atomic E-state index is -0.0360. The standard InChI is InChI=1S/C20H25N5O/c26-20(22-18-9-6-10-21-19(18)24-11-4-5-12-24)25-15-13-23(14-16-25)17-7-2-1-3-8-17/h1-3,6-10H,4-5,11-16H2,(H,22,26). The van der Waals surface area contributed by atoms with Gasteiger partial charge in [0.1, 0.15) is 0 Å². The zero-order valence-corrected chi connectivity index (χ0v) is 15.0. The van der Waals surface area contributed by atoms with Gasteiger partial charge in [-0.05, 0) is 37.1 Å². The third kappa shape index (κ3) is 3.59. The molecule has 2 aliphatic rings. The van der Waals surface area contributed by atoms with Crippen LogP contribution in [0.5, 0.6) is 0 Å². The van der Waals surface area contributed by atoms with E-state index in [1.54, 1.807) is 6.20 Å². The van der Waals surface area contributed by atoms with Gasteiger partial charge in [0.15, 0.2) is 5.82 Å². The van der Waals surface area contributed by atoms with Crippen molar-refractivity contribution < 1.29 is 4.79 Å². The summed E-state index contributed by atoms with van der Waals surface area (Å²) in [5, 5.41) is 3.08. The highest BCUT2D eigenvalue weighted by atomic mass is 16.2. The number of nitrogens with zero attached hydrogens (tertiary/aromatic N) is 4. The zero-order chi connectivity index (χ0) is 17.8. The van der Waals surface area contributed by atoms with E-state index in [9.17, 15) is 4.79 Å². The second-order valence-electron chi connectivity index (χ2n) is 6.81. The summed E-state index contributed by atoms with van der Waals surface area (Å²) in [5.74, 6) is 0.890. The fourth-order valence-corrected chi connectivity index (χ4v) is 3.68. The van der Waals surface area contributed by atoms with Gasteiger partial charge in [-0.15, -0.1) is 0 Å². The summed E-state index contributed by atoms with van der Waals surface area (Å²) < 4.78 is 0. The Bertz CT molecular complexity index is 737. The van der Waals surface area contributed by atoms with E-state index in [-0.39, 0.29) is 6.03 Å². The number of piperazine rings is 1. The second kappa shape index (κ2) is 7.64. The maximum absolute atomic E-state index is 12.7. The Balaban J connectivity index is 1.38. The van der Waals surface area contributed by atoms with Crippen LogP contribution < -0.4 is 15.1 Å². The number of rotatable bonds is 3. The van der Waals surface area contributed by atoms with Gasteiger partial charge in [-0.3, -0.25) is 0 Å². The van der Waals surface area contributed by atoms with Crippen molar-refractivity contribution in [1.29, 1.82) is 0 Å². The molecule has 0 atom stereocenters. The van der Waals surface area contributed by atoms with Crippen LogP contribution in [0.25, 0.3) is 0 Å². The van der Waals surface area contributed by atoms with Crippen molar-refractivity contribution >= 4 is 23.2 Å². The Morgan fingerprint density at radius 1 is 0.846 bits per heavy atom. The smallest absolute Gasteiger partial charge is 0.322 e. The molecular formula is C20H25N5O. The number of nitrogens with one attached hydrogen (secondary N) is 1. The summed E-state index contributed by atoms with van der Waals surface area (Å²) in [7, 11) is 0. The number of hydrogen-bond acceptors (Lipinski definition) is 4. The van der Waals surface area contributed by atoms with Crippen LogP contribution in [0.15, 0.2) is 48.7 Å². The number of carbonyl (C=O) groups is 1. The Labute approximate surface area is 154 Å². The summed E-state index contributed by atoms with van der Waals surface area (Å²) in [6, 6.07) is 14.2. The van der Waals surface area contributed by atoms with Crippen molar-refractivity contribution in [1.82, 2.24) is 9.88 Å². The average molecular weight is 351 g/mol. The third-order valence-electron chi connectivity index (χ3n) is 5.12. The van der Waals surface area contributed by atoms with Gasteiger partial charge in [-0.25, -0.2) is 9.78 Å². The predicted octanol–water partition coefficient (Wildman–Crippen LogP) is 3.04. The molecule has 1 aromatic carbocycles. The number of benzene rings is 1. The molecule has 2 aliphatic heterocycles. The number of para-hydroxylation sites is 1. The molecule has 0 unspecified atom stereocenters. The van der Waals surface area contributed by atoms with Gasteiger partial charge in [0.2, 0.25) is 0 Å². The van der Waals surface area contributed by atoms with E-state index in [1.807, 2.05) is 23.1 Å². The molecule has 0 spiro atoms. The number of urea groups is 1. The van der Waals surface area contributed by atoms with Gasteiger partial charge in [0.05, 0.1) is 5.69 Å². The molecule has 0 radical (unpaired) electrons. The van der Waals surface area contributed by atoms with Crippen LogP contribution in [0.1, 0.15) is 12.8 Å². The van der Waals surface area contributed by atoms with Crippen molar-refractivity contribution in [2.75, 3.05) is 54.4 Å². The molecular weight excluding hydrogens is 326 g/mol. The lowest BCUT2D eigenvalue weighted by atomic mass is 10.2. The van der Waals surface area contributed by atoms with Gasteiger partial charge < -0.3 is 20.0 Å². The van der Waals surface area contributed by atoms with Crippen LogP contribution in [-0.2, 0) is 0 Å². The molecule has 2 aromatic rings. The maximum Gasteiger partial charge on any atom is 0.322 e. The summed E-state index contributed by atoms with van der Waals surface area (Å²) in [6.45, 7) is 5.16. The van der Waals surface area contributed by atoms with Gasteiger partial charge in [-0.2, -0.15) is 0 Å². The molecule has 26 heavy (non-hydrogen) atoms. The van der Waals surface area contributed by atoms with E-state index in [2.05, 4.69) is 44.4 Å². The largest absolute Gasteiger partial charge is 0.368 e. The minimum absolute atomic E-state index is 0.0360. The van der Waals surface area contributed by atoms with E-state index >= 15 is 0 Å². The topological polar surface area (TPSA) is 51.7 Å². The van der Waals surface area contributed by atoms with Crippen molar-refractivity contribution in [3.8, 4) is 0 Å². The molecule has 1 aromatic heterocycles.